The van der Waals surface area contributed by atoms with Crippen LogP contribution < -0.4 is 11.1 Å². The van der Waals surface area contributed by atoms with Crippen LogP contribution >= 0.6 is 0 Å². The van der Waals surface area contributed by atoms with Crippen LogP contribution in [0.1, 0.15) is 25.7 Å². The Morgan fingerprint density at radius 3 is 2.78 bits per heavy atom. The third kappa shape index (κ3) is 3.61. The molecule has 0 spiro atoms. The number of carbonyl (C=O) groups excluding carboxylic acids is 1. The lowest BCUT2D eigenvalue weighted by Gasteiger charge is -2.26. The van der Waals surface area contributed by atoms with Crippen LogP contribution in [0, 0.1) is 0 Å². The summed E-state index contributed by atoms with van der Waals surface area (Å²) in [7, 11) is 0. The molecule has 0 saturated carbocycles. The molecule has 1 amide bonds. The molecule has 98 valence electrons. The lowest BCUT2D eigenvalue weighted by atomic mass is 10.1. The van der Waals surface area contributed by atoms with Gasteiger partial charge in [0.1, 0.15) is 5.82 Å². The Labute approximate surface area is 107 Å². The third-order valence-electron chi connectivity index (χ3n) is 3.14. The van der Waals surface area contributed by atoms with E-state index in [0.717, 1.165) is 31.7 Å². The van der Waals surface area contributed by atoms with Crippen molar-refractivity contribution in [3.05, 3.63) is 18.3 Å². The van der Waals surface area contributed by atoms with Gasteiger partial charge < -0.3 is 16.0 Å². The van der Waals surface area contributed by atoms with Gasteiger partial charge in [-0.3, -0.25) is 4.79 Å². The molecule has 5 heteroatoms. The van der Waals surface area contributed by atoms with Crippen molar-refractivity contribution in [3.63, 3.8) is 0 Å². The SMILES string of the molecule is Nc1ccc(NCCC(=O)N2CCCCC2)nc1. The second-order valence-electron chi connectivity index (χ2n) is 4.59. The predicted molar refractivity (Wildman–Crippen MR) is 72.2 cm³/mol. The number of rotatable bonds is 4. The summed E-state index contributed by atoms with van der Waals surface area (Å²) in [5.74, 6) is 0.994. The summed E-state index contributed by atoms with van der Waals surface area (Å²) in [6, 6.07) is 3.61. The number of piperidine rings is 1. The number of likely N-dealkylation sites (tertiary alicyclic amines) is 1. The number of nitrogen functional groups attached to an aromatic ring is 1. The number of hydrogen-bond acceptors (Lipinski definition) is 4. The van der Waals surface area contributed by atoms with E-state index in [1.807, 2.05) is 11.0 Å². The molecule has 0 radical (unpaired) electrons. The first-order valence-electron chi connectivity index (χ1n) is 6.49. The first-order chi connectivity index (χ1) is 8.75. The molecule has 3 N–H and O–H groups in total. The molecule has 0 aromatic carbocycles. The molecule has 0 unspecified atom stereocenters. The van der Waals surface area contributed by atoms with Gasteiger partial charge in [-0.15, -0.1) is 0 Å². The smallest absolute Gasteiger partial charge is 0.224 e. The first kappa shape index (κ1) is 12.7. The van der Waals surface area contributed by atoms with Crippen LogP contribution in [-0.4, -0.2) is 35.4 Å². The van der Waals surface area contributed by atoms with Crippen LogP contribution in [-0.2, 0) is 4.79 Å². The van der Waals surface area contributed by atoms with Crippen LogP contribution in [0.4, 0.5) is 11.5 Å². The quantitative estimate of drug-likeness (QED) is 0.846. The van der Waals surface area contributed by atoms with E-state index in [1.165, 1.54) is 6.42 Å². The summed E-state index contributed by atoms with van der Waals surface area (Å²) in [5.41, 5.74) is 6.19. The van der Waals surface area contributed by atoms with Crippen molar-refractivity contribution in [2.24, 2.45) is 0 Å². The molecule has 0 atom stereocenters. The molecule has 1 aliphatic rings. The van der Waals surface area contributed by atoms with Crippen molar-refractivity contribution in [1.29, 1.82) is 0 Å². The normalized spacial score (nSPS) is 15.4. The van der Waals surface area contributed by atoms with Crippen molar-refractivity contribution in [2.45, 2.75) is 25.7 Å². The zero-order valence-corrected chi connectivity index (χ0v) is 10.6. The van der Waals surface area contributed by atoms with Crippen LogP contribution in [0.15, 0.2) is 18.3 Å². The molecule has 18 heavy (non-hydrogen) atoms. The first-order valence-corrected chi connectivity index (χ1v) is 6.49. The Bertz CT molecular complexity index is 384. The minimum Gasteiger partial charge on any atom is -0.397 e. The second kappa shape index (κ2) is 6.23. The van der Waals surface area contributed by atoms with Crippen molar-refractivity contribution >= 4 is 17.4 Å². The van der Waals surface area contributed by atoms with E-state index in [-0.39, 0.29) is 5.91 Å². The Balaban J connectivity index is 1.71. The van der Waals surface area contributed by atoms with Gasteiger partial charge in [-0.05, 0) is 31.4 Å². The number of anilines is 2. The van der Waals surface area contributed by atoms with Gasteiger partial charge in [0.2, 0.25) is 5.91 Å². The maximum absolute atomic E-state index is 11.9. The van der Waals surface area contributed by atoms with E-state index in [2.05, 4.69) is 10.3 Å². The predicted octanol–water partition coefficient (Wildman–Crippen LogP) is 1.48. The standard InChI is InChI=1S/C13H20N4O/c14-11-4-5-12(16-10-11)15-7-6-13(18)17-8-2-1-3-9-17/h4-5,10H,1-3,6-9,14H2,(H,15,16). The van der Waals surface area contributed by atoms with Crippen molar-refractivity contribution in [3.8, 4) is 0 Å². The van der Waals surface area contributed by atoms with Crippen LogP contribution in [0.3, 0.4) is 0 Å². The van der Waals surface area contributed by atoms with Gasteiger partial charge in [-0.25, -0.2) is 4.98 Å². The lowest BCUT2D eigenvalue weighted by molar-refractivity contribution is -0.131. The van der Waals surface area contributed by atoms with Gasteiger partial charge in [0.05, 0.1) is 11.9 Å². The monoisotopic (exact) mass is 248 g/mol. The van der Waals surface area contributed by atoms with E-state index in [9.17, 15) is 4.79 Å². The number of nitrogens with zero attached hydrogens (tertiary/aromatic N) is 2. The van der Waals surface area contributed by atoms with Gasteiger partial charge in [0.25, 0.3) is 0 Å². The molecule has 5 nitrogen and oxygen atoms in total. The van der Waals surface area contributed by atoms with Gasteiger partial charge in [-0.1, -0.05) is 0 Å². The van der Waals surface area contributed by atoms with Gasteiger partial charge in [0, 0.05) is 26.1 Å². The van der Waals surface area contributed by atoms with Gasteiger partial charge in [-0.2, -0.15) is 0 Å². The van der Waals surface area contributed by atoms with Gasteiger partial charge >= 0.3 is 0 Å². The molecule has 1 aliphatic heterocycles. The molecule has 1 aromatic heterocycles. The average molecular weight is 248 g/mol. The number of nitrogens with one attached hydrogen (secondary N) is 1. The fraction of sp³-hybridized carbons (Fsp3) is 0.538. The number of amides is 1. The fourth-order valence-corrected chi connectivity index (χ4v) is 2.11. The molecule has 2 heterocycles. The number of aromatic nitrogens is 1. The Morgan fingerprint density at radius 1 is 1.33 bits per heavy atom. The van der Waals surface area contributed by atoms with Crippen LogP contribution in [0.5, 0.6) is 0 Å². The molecule has 1 fully saturated rings. The van der Waals surface area contributed by atoms with Crippen molar-refractivity contribution in [1.82, 2.24) is 9.88 Å². The maximum Gasteiger partial charge on any atom is 0.224 e. The highest BCUT2D eigenvalue weighted by atomic mass is 16.2. The summed E-state index contributed by atoms with van der Waals surface area (Å²) in [6.45, 7) is 2.45. The minimum absolute atomic E-state index is 0.234. The van der Waals surface area contributed by atoms with Crippen molar-refractivity contribution < 1.29 is 4.79 Å². The molecule has 2 rings (SSSR count). The highest BCUT2D eigenvalue weighted by Crippen LogP contribution is 2.10. The van der Waals surface area contributed by atoms with E-state index in [0.29, 0.717) is 18.7 Å². The topological polar surface area (TPSA) is 71.2 Å². The van der Waals surface area contributed by atoms with E-state index >= 15 is 0 Å². The number of nitrogens with two attached hydrogens (primary N) is 1. The van der Waals surface area contributed by atoms with E-state index < -0.39 is 0 Å². The molecular weight excluding hydrogens is 228 g/mol. The Morgan fingerprint density at radius 2 is 2.11 bits per heavy atom. The largest absolute Gasteiger partial charge is 0.397 e. The zero-order chi connectivity index (χ0) is 12.8. The van der Waals surface area contributed by atoms with E-state index in [1.54, 1.807) is 12.3 Å². The molecule has 0 bridgehead atoms. The minimum atomic E-state index is 0.234. The summed E-state index contributed by atoms with van der Waals surface area (Å²) >= 11 is 0. The molecule has 0 aliphatic carbocycles. The third-order valence-corrected chi connectivity index (χ3v) is 3.14. The van der Waals surface area contributed by atoms with Crippen molar-refractivity contribution in [2.75, 3.05) is 30.7 Å². The molecule has 1 aromatic rings. The zero-order valence-electron chi connectivity index (χ0n) is 10.6. The van der Waals surface area contributed by atoms with Gasteiger partial charge in [0.15, 0.2) is 0 Å². The maximum atomic E-state index is 11.9. The fourth-order valence-electron chi connectivity index (χ4n) is 2.11. The summed E-state index contributed by atoms with van der Waals surface area (Å²) < 4.78 is 0. The summed E-state index contributed by atoms with van der Waals surface area (Å²) in [5, 5.41) is 3.13. The van der Waals surface area contributed by atoms with E-state index in [4.69, 9.17) is 5.73 Å². The highest BCUT2D eigenvalue weighted by Gasteiger charge is 2.15. The number of hydrogen-bond donors (Lipinski definition) is 2. The average Bonchev–Trinajstić information content (AvgIpc) is 2.42. The highest BCUT2D eigenvalue weighted by molar-refractivity contribution is 5.76. The molecule has 1 saturated heterocycles. The molecular formula is C13H20N4O. The summed E-state index contributed by atoms with van der Waals surface area (Å²) in [6.07, 6.45) is 5.65. The lowest BCUT2D eigenvalue weighted by Crippen LogP contribution is -2.36. The van der Waals surface area contributed by atoms with Crippen LogP contribution in [0.2, 0.25) is 0 Å². The Hall–Kier alpha value is -1.78. The van der Waals surface area contributed by atoms with Crippen LogP contribution in [0.25, 0.3) is 0 Å². The Kier molecular flexibility index (Phi) is 4.39. The number of pyridine rings is 1. The summed E-state index contributed by atoms with van der Waals surface area (Å²) in [4.78, 5) is 18.0. The second-order valence-corrected chi connectivity index (χ2v) is 4.59. The number of carbonyl (C=O) groups is 1.